The predicted molar refractivity (Wildman–Crippen MR) is 145 cm³/mol. The maximum absolute atomic E-state index is 14.3. The maximum Gasteiger partial charge on any atom is 0.257 e. The molecule has 7 heteroatoms. The van der Waals surface area contributed by atoms with Crippen molar-refractivity contribution in [2.75, 3.05) is 0 Å². The van der Waals surface area contributed by atoms with E-state index in [0.717, 1.165) is 16.7 Å². The average Bonchev–Trinajstić information content (AvgIpc) is 3.32. The Kier molecular flexibility index (Phi) is 6.75. The minimum Gasteiger partial charge on any atom is -0.390 e. The Morgan fingerprint density at radius 2 is 1.65 bits per heavy atom. The summed E-state index contributed by atoms with van der Waals surface area (Å²) in [5, 5.41) is 11.9. The van der Waals surface area contributed by atoms with Crippen molar-refractivity contribution in [1.29, 1.82) is 0 Å². The summed E-state index contributed by atoms with van der Waals surface area (Å²) in [5.74, 6) is -0.308. The summed E-state index contributed by atoms with van der Waals surface area (Å²) in [6, 6.07) is 19.6. The van der Waals surface area contributed by atoms with Crippen LogP contribution in [0.5, 0.6) is 0 Å². The Morgan fingerprint density at radius 1 is 1.03 bits per heavy atom. The molecule has 0 bridgehead atoms. The van der Waals surface area contributed by atoms with E-state index in [1.807, 2.05) is 56.3 Å². The van der Waals surface area contributed by atoms with Gasteiger partial charge in [-0.15, -0.1) is 0 Å². The lowest BCUT2D eigenvalue weighted by atomic mass is 9.90. The van der Waals surface area contributed by atoms with Gasteiger partial charge in [-0.3, -0.25) is 14.5 Å². The molecule has 2 aliphatic rings. The minimum atomic E-state index is -1.42. The summed E-state index contributed by atoms with van der Waals surface area (Å²) in [7, 11) is 0. The van der Waals surface area contributed by atoms with Gasteiger partial charge in [-0.05, 0) is 55.3 Å². The summed E-state index contributed by atoms with van der Waals surface area (Å²) in [4.78, 5) is 28.2. The Morgan fingerprint density at radius 3 is 2.22 bits per heavy atom. The maximum atomic E-state index is 14.3. The SMILES string of the molecule is C=C(C)c1ccc2c(c1)C(=O)N(C(C)c1ccc(Cl)cc1)C2(OC1CC(=O)CC1O)c1ccc(Cl)cc1. The number of rotatable bonds is 6. The molecule has 5 nitrogen and oxygen atoms in total. The number of hydrogen-bond donors (Lipinski definition) is 1. The van der Waals surface area contributed by atoms with Crippen LogP contribution in [0.2, 0.25) is 10.0 Å². The molecule has 0 spiro atoms. The number of hydrogen-bond acceptors (Lipinski definition) is 4. The van der Waals surface area contributed by atoms with E-state index < -0.39 is 24.0 Å². The smallest absolute Gasteiger partial charge is 0.257 e. The van der Waals surface area contributed by atoms with Gasteiger partial charge in [0.05, 0.1) is 18.2 Å². The van der Waals surface area contributed by atoms with Crippen LogP contribution in [0.25, 0.3) is 5.57 Å². The zero-order valence-corrected chi connectivity index (χ0v) is 22.1. The molecule has 0 saturated heterocycles. The number of halogens is 2. The molecule has 5 rings (SSSR count). The number of aliphatic hydroxyl groups is 1. The van der Waals surface area contributed by atoms with Crippen LogP contribution in [-0.4, -0.2) is 33.9 Å². The second-order valence-electron chi connectivity index (χ2n) is 9.76. The number of nitrogens with zero attached hydrogens (tertiary/aromatic N) is 1. The highest BCUT2D eigenvalue weighted by molar-refractivity contribution is 6.30. The summed E-state index contributed by atoms with van der Waals surface area (Å²) < 4.78 is 6.79. The molecule has 3 aromatic carbocycles. The molecule has 4 unspecified atom stereocenters. The summed E-state index contributed by atoms with van der Waals surface area (Å²) in [5.41, 5.74) is 2.89. The van der Waals surface area contributed by atoms with Crippen LogP contribution in [0, 0.1) is 0 Å². The van der Waals surface area contributed by atoms with Crippen molar-refractivity contribution < 1.29 is 19.4 Å². The number of amides is 1. The number of aliphatic hydroxyl groups excluding tert-OH is 1. The predicted octanol–water partition coefficient (Wildman–Crippen LogP) is 6.55. The van der Waals surface area contributed by atoms with Gasteiger partial charge >= 0.3 is 0 Å². The topological polar surface area (TPSA) is 66.8 Å². The van der Waals surface area contributed by atoms with Crippen molar-refractivity contribution >= 4 is 40.5 Å². The van der Waals surface area contributed by atoms with Crippen molar-refractivity contribution in [3.05, 3.63) is 111 Å². The van der Waals surface area contributed by atoms with Crippen LogP contribution >= 0.6 is 23.2 Å². The first-order chi connectivity index (χ1) is 17.6. The van der Waals surface area contributed by atoms with Crippen molar-refractivity contribution in [3.8, 4) is 0 Å². The molecule has 1 aliphatic heterocycles. The van der Waals surface area contributed by atoms with Crippen molar-refractivity contribution in [3.63, 3.8) is 0 Å². The van der Waals surface area contributed by atoms with Gasteiger partial charge in [0.25, 0.3) is 5.91 Å². The number of allylic oxidation sites excluding steroid dienone is 1. The van der Waals surface area contributed by atoms with Crippen molar-refractivity contribution in [2.45, 2.75) is 50.7 Å². The zero-order chi connectivity index (χ0) is 26.5. The summed E-state index contributed by atoms with van der Waals surface area (Å²) >= 11 is 12.4. The van der Waals surface area contributed by atoms with E-state index in [-0.39, 0.29) is 24.5 Å². The van der Waals surface area contributed by atoms with Gasteiger partial charge in [0.2, 0.25) is 0 Å². The molecule has 3 aromatic rings. The highest BCUT2D eigenvalue weighted by Crippen LogP contribution is 2.51. The second kappa shape index (κ2) is 9.73. The lowest BCUT2D eigenvalue weighted by molar-refractivity contribution is -0.174. The zero-order valence-electron chi connectivity index (χ0n) is 20.6. The molecule has 1 heterocycles. The number of Topliss-reactive ketones (excluding diaryl/α,β-unsaturated/α-hetero) is 1. The average molecular weight is 536 g/mol. The molecule has 1 amide bonds. The molecule has 0 aromatic heterocycles. The third-order valence-corrected chi connectivity index (χ3v) is 7.76. The van der Waals surface area contributed by atoms with Crippen LogP contribution in [0.3, 0.4) is 0 Å². The minimum absolute atomic E-state index is 0.0174. The normalized spacial score (nSPS) is 23.9. The molecular weight excluding hydrogens is 509 g/mol. The van der Waals surface area contributed by atoms with Crippen molar-refractivity contribution in [1.82, 2.24) is 4.90 Å². The largest absolute Gasteiger partial charge is 0.390 e. The molecule has 1 N–H and O–H groups in total. The van der Waals surface area contributed by atoms with E-state index in [2.05, 4.69) is 6.58 Å². The fraction of sp³-hybridized carbons (Fsp3) is 0.267. The third kappa shape index (κ3) is 4.40. The highest BCUT2D eigenvalue weighted by Gasteiger charge is 2.56. The Hall–Kier alpha value is -2.96. The number of fused-ring (bicyclic) bond motifs is 1. The molecule has 190 valence electrons. The van der Waals surface area contributed by atoms with Gasteiger partial charge in [-0.25, -0.2) is 0 Å². The lowest BCUT2D eigenvalue weighted by Gasteiger charge is -2.44. The Balaban J connectivity index is 1.77. The molecule has 1 saturated carbocycles. The van der Waals surface area contributed by atoms with Gasteiger partial charge < -0.3 is 9.84 Å². The molecule has 0 radical (unpaired) electrons. The first-order valence-corrected chi connectivity index (χ1v) is 12.9. The van der Waals surface area contributed by atoms with E-state index in [1.54, 1.807) is 29.2 Å². The first-order valence-electron chi connectivity index (χ1n) is 12.1. The fourth-order valence-electron chi connectivity index (χ4n) is 5.33. The van der Waals surface area contributed by atoms with E-state index in [1.165, 1.54) is 0 Å². The number of carbonyl (C=O) groups excluding carboxylic acids is 2. The molecule has 1 aliphatic carbocycles. The molecule has 37 heavy (non-hydrogen) atoms. The van der Waals surface area contributed by atoms with E-state index in [4.69, 9.17) is 27.9 Å². The first kappa shape index (κ1) is 25.7. The quantitative estimate of drug-likeness (QED) is 0.388. The number of benzene rings is 3. The van der Waals surface area contributed by atoms with E-state index in [0.29, 0.717) is 26.7 Å². The van der Waals surface area contributed by atoms with Gasteiger partial charge in [0, 0.05) is 39.6 Å². The highest BCUT2D eigenvalue weighted by atomic mass is 35.5. The van der Waals surface area contributed by atoms with Crippen LogP contribution in [0.15, 0.2) is 73.3 Å². The van der Waals surface area contributed by atoms with E-state index in [9.17, 15) is 14.7 Å². The van der Waals surface area contributed by atoms with E-state index >= 15 is 0 Å². The van der Waals surface area contributed by atoms with Crippen LogP contribution in [0.1, 0.15) is 65.3 Å². The Labute approximate surface area is 226 Å². The molecular formula is C30H27Cl2NO4. The van der Waals surface area contributed by atoms with Gasteiger partial charge in [0.1, 0.15) is 5.78 Å². The van der Waals surface area contributed by atoms with Crippen LogP contribution in [0.4, 0.5) is 0 Å². The fourth-order valence-corrected chi connectivity index (χ4v) is 5.58. The summed E-state index contributed by atoms with van der Waals surface area (Å²) in [6.45, 7) is 7.85. The van der Waals surface area contributed by atoms with Gasteiger partial charge in [-0.1, -0.05) is 71.8 Å². The third-order valence-electron chi connectivity index (χ3n) is 7.26. The van der Waals surface area contributed by atoms with Crippen LogP contribution in [-0.2, 0) is 15.3 Å². The van der Waals surface area contributed by atoms with Gasteiger partial charge in [-0.2, -0.15) is 0 Å². The number of ether oxygens (including phenoxy) is 1. The Bertz CT molecular complexity index is 1390. The molecule has 4 atom stereocenters. The number of carbonyl (C=O) groups is 2. The monoisotopic (exact) mass is 535 g/mol. The van der Waals surface area contributed by atoms with Gasteiger partial charge in [0.15, 0.2) is 5.72 Å². The van der Waals surface area contributed by atoms with Crippen LogP contribution < -0.4 is 0 Å². The standard InChI is InChI=1S/C30H27Cl2NO4/c1-17(2)20-6-13-26-25(14-20)29(36)33(18(3)19-4-9-22(31)10-5-19)30(26,21-7-11-23(32)12-8-21)37-28-16-24(34)15-27(28)35/h4-14,18,27-28,35H,1,15-16H2,2-3H3. The lowest BCUT2D eigenvalue weighted by Crippen LogP contribution is -2.50. The molecule has 1 fully saturated rings. The number of ketones is 1. The summed E-state index contributed by atoms with van der Waals surface area (Å²) in [6.07, 6.45) is -1.68. The van der Waals surface area contributed by atoms with Crippen molar-refractivity contribution in [2.24, 2.45) is 0 Å². The second-order valence-corrected chi connectivity index (χ2v) is 10.6.